The second-order valence-corrected chi connectivity index (χ2v) is 3.66. The Kier molecular flexibility index (Phi) is 6.43. The monoisotopic (exact) mass is 239 g/mol. The largest absolute Gasteiger partial charge is 0.490 e. The van der Waals surface area contributed by atoms with Crippen LogP contribution in [0.15, 0.2) is 18.2 Å². The fourth-order valence-electron chi connectivity index (χ4n) is 1.54. The summed E-state index contributed by atoms with van der Waals surface area (Å²) in [7, 11) is 0. The summed E-state index contributed by atoms with van der Waals surface area (Å²) < 4.78 is 11.2. The average molecular weight is 239 g/mol. The molecule has 0 atom stereocenters. The van der Waals surface area contributed by atoms with Gasteiger partial charge in [-0.15, -0.1) is 0 Å². The first-order valence-corrected chi connectivity index (χ1v) is 6.01. The van der Waals surface area contributed by atoms with Gasteiger partial charge in [-0.2, -0.15) is 0 Å². The molecule has 4 nitrogen and oxygen atoms in total. The zero-order valence-electron chi connectivity index (χ0n) is 10.3. The quantitative estimate of drug-likeness (QED) is 0.678. The predicted octanol–water partition coefficient (Wildman–Crippen LogP) is 1.70. The van der Waals surface area contributed by atoms with Crippen molar-refractivity contribution in [2.75, 3.05) is 19.8 Å². The molecule has 0 saturated carbocycles. The molecule has 4 heteroatoms. The molecule has 0 aliphatic carbocycles. The maximum atomic E-state index is 8.70. The van der Waals surface area contributed by atoms with Gasteiger partial charge in [0.2, 0.25) is 0 Å². The molecular formula is C13H21NO3. The Morgan fingerprint density at radius 3 is 2.71 bits per heavy atom. The molecule has 1 aromatic carbocycles. The van der Waals surface area contributed by atoms with E-state index in [1.165, 1.54) is 0 Å². The van der Waals surface area contributed by atoms with Crippen LogP contribution in [-0.4, -0.2) is 24.9 Å². The van der Waals surface area contributed by atoms with Crippen LogP contribution in [0.3, 0.4) is 0 Å². The Morgan fingerprint density at radius 1 is 1.24 bits per heavy atom. The van der Waals surface area contributed by atoms with Gasteiger partial charge in [0.25, 0.3) is 0 Å². The average Bonchev–Trinajstić information content (AvgIpc) is 2.36. The van der Waals surface area contributed by atoms with E-state index in [0.717, 1.165) is 29.9 Å². The Hall–Kier alpha value is -1.26. The van der Waals surface area contributed by atoms with Crippen molar-refractivity contribution in [2.24, 2.45) is 5.73 Å². The van der Waals surface area contributed by atoms with Crippen molar-refractivity contribution >= 4 is 0 Å². The van der Waals surface area contributed by atoms with Gasteiger partial charge in [-0.3, -0.25) is 0 Å². The highest BCUT2D eigenvalue weighted by Gasteiger charge is 2.09. The lowest BCUT2D eigenvalue weighted by Gasteiger charge is -2.15. The van der Waals surface area contributed by atoms with E-state index >= 15 is 0 Å². The van der Waals surface area contributed by atoms with Crippen molar-refractivity contribution in [2.45, 2.75) is 26.3 Å². The lowest BCUT2D eigenvalue weighted by Crippen LogP contribution is -2.06. The maximum absolute atomic E-state index is 8.70. The highest BCUT2D eigenvalue weighted by atomic mass is 16.5. The van der Waals surface area contributed by atoms with E-state index in [0.29, 0.717) is 19.8 Å². The van der Waals surface area contributed by atoms with E-state index in [1.54, 1.807) is 0 Å². The molecular weight excluding hydrogens is 218 g/mol. The van der Waals surface area contributed by atoms with E-state index in [4.69, 9.17) is 20.3 Å². The number of hydrogen-bond acceptors (Lipinski definition) is 4. The van der Waals surface area contributed by atoms with Crippen LogP contribution in [0.2, 0.25) is 0 Å². The lowest BCUT2D eigenvalue weighted by atomic mass is 10.2. The summed E-state index contributed by atoms with van der Waals surface area (Å²) in [6, 6.07) is 5.72. The Balaban J connectivity index is 2.70. The number of nitrogens with two attached hydrogens (primary N) is 1. The summed E-state index contributed by atoms with van der Waals surface area (Å²) >= 11 is 0. The first-order chi connectivity index (χ1) is 8.33. The fourth-order valence-corrected chi connectivity index (χ4v) is 1.54. The van der Waals surface area contributed by atoms with E-state index < -0.39 is 0 Å². The molecule has 3 N–H and O–H groups in total. The number of benzene rings is 1. The van der Waals surface area contributed by atoms with Gasteiger partial charge >= 0.3 is 0 Å². The summed E-state index contributed by atoms with van der Waals surface area (Å²) in [5, 5.41) is 8.70. The van der Waals surface area contributed by atoms with Gasteiger partial charge in [-0.05, 0) is 25.8 Å². The molecule has 0 aromatic heterocycles. The molecule has 96 valence electrons. The van der Waals surface area contributed by atoms with Crippen LogP contribution in [0.5, 0.6) is 11.5 Å². The molecule has 0 bridgehead atoms. The number of para-hydroxylation sites is 1. The van der Waals surface area contributed by atoms with Crippen LogP contribution in [0, 0.1) is 0 Å². The summed E-state index contributed by atoms with van der Waals surface area (Å²) in [5.74, 6) is 1.47. The summed E-state index contributed by atoms with van der Waals surface area (Å²) in [4.78, 5) is 0. The van der Waals surface area contributed by atoms with Crippen LogP contribution in [0.4, 0.5) is 0 Å². The molecule has 0 heterocycles. The summed E-state index contributed by atoms with van der Waals surface area (Å²) in [6.45, 7) is 3.72. The van der Waals surface area contributed by atoms with Crippen LogP contribution in [-0.2, 0) is 6.54 Å². The molecule has 0 radical (unpaired) electrons. The smallest absolute Gasteiger partial charge is 0.165 e. The van der Waals surface area contributed by atoms with Gasteiger partial charge in [0, 0.05) is 18.7 Å². The number of hydrogen-bond donors (Lipinski definition) is 2. The zero-order chi connectivity index (χ0) is 12.5. The van der Waals surface area contributed by atoms with Crippen molar-refractivity contribution in [3.8, 4) is 11.5 Å². The third kappa shape index (κ3) is 4.24. The second kappa shape index (κ2) is 7.92. The summed E-state index contributed by atoms with van der Waals surface area (Å²) in [6.07, 6.45) is 1.57. The zero-order valence-corrected chi connectivity index (χ0v) is 10.3. The minimum absolute atomic E-state index is 0.195. The van der Waals surface area contributed by atoms with Crippen LogP contribution < -0.4 is 15.2 Å². The van der Waals surface area contributed by atoms with Crippen LogP contribution in [0.1, 0.15) is 25.3 Å². The van der Waals surface area contributed by atoms with Crippen molar-refractivity contribution in [3.05, 3.63) is 23.8 Å². The van der Waals surface area contributed by atoms with Gasteiger partial charge in [0.15, 0.2) is 11.5 Å². The van der Waals surface area contributed by atoms with Crippen molar-refractivity contribution in [3.63, 3.8) is 0 Å². The van der Waals surface area contributed by atoms with Crippen molar-refractivity contribution < 1.29 is 14.6 Å². The first-order valence-electron chi connectivity index (χ1n) is 6.01. The topological polar surface area (TPSA) is 64.7 Å². The number of aliphatic hydroxyl groups is 1. The maximum Gasteiger partial charge on any atom is 0.165 e. The molecule has 0 saturated heterocycles. The standard InChI is InChI=1S/C13H21NO3/c1-2-16-12-7-5-6-11(10-14)13(12)17-9-4-3-8-15/h5-7,15H,2-4,8-10,14H2,1H3. The molecule has 1 aromatic rings. The first kappa shape index (κ1) is 13.8. The molecule has 0 unspecified atom stereocenters. The molecule has 1 rings (SSSR count). The number of ether oxygens (including phenoxy) is 2. The SMILES string of the molecule is CCOc1cccc(CN)c1OCCCCO. The van der Waals surface area contributed by atoms with E-state index in [-0.39, 0.29) is 6.61 Å². The normalized spacial score (nSPS) is 10.3. The van der Waals surface area contributed by atoms with E-state index in [9.17, 15) is 0 Å². The third-order valence-electron chi connectivity index (χ3n) is 2.38. The molecule has 0 aliphatic heterocycles. The van der Waals surface area contributed by atoms with Crippen LogP contribution in [0.25, 0.3) is 0 Å². The van der Waals surface area contributed by atoms with Crippen molar-refractivity contribution in [1.29, 1.82) is 0 Å². The second-order valence-electron chi connectivity index (χ2n) is 3.66. The van der Waals surface area contributed by atoms with Gasteiger partial charge in [-0.1, -0.05) is 12.1 Å². The van der Waals surface area contributed by atoms with Gasteiger partial charge in [0.1, 0.15) is 0 Å². The van der Waals surface area contributed by atoms with Gasteiger partial charge < -0.3 is 20.3 Å². The van der Waals surface area contributed by atoms with Crippen molar-refractivity contribution in [1.82, 2.24) is 0 Å². The molecule has 0 aliphatic rings. The van der Waals surface area contributed by atoms with Gasteiger partial charge in [-0.25, -0.2) is 0 Å². The van der Waals surface area contributed by atoms with E-state index in [1.807, 2.05) is 25.1 Å². The number of rotatable bonds is 8. The minimum Gasteiger partial charge on any atom is -0.490 e. The molecule has 17 heavy (non-hydrogen) atoms. The van der Waals surface area contributed by atoms with Gasteiger partial charge in [0.05, 0.1) is 13.2 Å². The predicted molar refractivity (Wildman–Crippen MR) is 67.3 cm³/mol. The minimum atomic E-state index is 0.195. The highest BCUT2D eigenvalue weighted by molar-refractivity contribution is 5.46. The molecule has 0 fully saturated rings. The number of unbranched alkanes of at least 4 members (excludes halogenated alkanes) is 1. The summed E-state index contributed by atoms with van der Waals surface area (Å²) in [5.41, 5.74) is 6.61. The molecule has 0 amide bonds. The fraction of sp³-hybridized carbons (Fsp3) is 0.538. The molecule has 0 spiro atoms. The number of aliphatic hydroxyl groups excluding tert-OH is 1. The Labute approximate surface area is 102 Å². The Bertz CT molecular complexity index is 328. The Morgan fingerprint density at radius 2 is 2.06 bits per heavy atom. The highest BCUT2D eigenvalue weighted by Crippen LogP contribution is 2.31. The third-order valence-corrected chi connectivity index (χ3v) is 2.38. The lowest BCUT2D eigenvalue weighted by molar-refractivity contribution is 0.242. The van der Waals surface area contributed by atoms with E-state index in [2.05, 4.69) is 0 Å². The van der Waals surface area contributed by atoms with Crippen LogP contribution >= 0.6 is 0 Å².